The third-order valence-electron chi connectivity index (χ3n) is 2.57. The monoisotopic (exact) mass is 204 g/mol. The largest absolute Gasteiger partial charge is 0.279 e. The van der Waals surface area contributed by atoms with Crippen LogP contribution in [-0.4, -0.2) is 9.97 Å². The number of aryl methyl sites for hydroxylation is 1. The average molecular weight is 204 g/mol. The Morgan fingerprint density at radius 2 is 2.00 bits per heavy atom. The van der Waals surface area contributed by atoms with E-state index in [1.807, 2.05) is 0 Å². The summed E-state index contributed by atoms with van der Waals surface area (Å²) in [5, 5.41) is 0.822. The van der Waals surface area contributed by atoms with Crippen molar-refractivity contribution in [3.63, 3.8) is 0 Å². The van der Waals surface area contributed by atoms with Gasteiger partial charge >= 0.3 is 0 Å². The summed E-state index contributed by atoms with van der Waals surface area (Å²) >= 11 is 0. The van der Waals surface area contributed by atoms with E-state index < -0.39 is 0 Å². The van der Waals surface area contributed by atoms with E-state index in [2.05, 4.69) is 16.9 Å². The summed E-state index contributed by atoms with van der Waals surface area (Å²) in [5.41, 5.74) is 0.00291. The van der Waals surface area contributed by atoms with E-state index >= 15 is 0 Å². The highest BCUT2D eigenvalue weighted by Gasteiger charge is 2.10. The minimum atomic E-state index is -0.314. The van der Waals surface area contributed by atoms with Crippen LogP contribution >= 0.6 is 0 Å². The van der Waals surface area contributed by atoms with Gasteiger partial charge in [-0.15, -0.1) is 0 Å². The van der Waals surface area contributed by atoms with Crippen molar-refractivity contribution in [1.82, 2.24) is 9.97 Å². The fraction of sp³-hybridized carbons (Fsp3) is 0.455. The van der Waals surface area contributed by atoms with Crippen molar-refractivity contribution < 1.29 is 0 Å². The van der Waals surface area contributed by atoms with Crippen LogP contribution in [0.3, 0.4) is 0 Å². The maximum absolute atomic E-state index is 11.4. The number of rotatable bonds is 4. The number of aromatic nitrogens is 2. The van der Waals surface area contributed by atoms with Crippen LogP contribution in [0, 0.1) is 10.4 Å². The molecule has 4 nitrogen and oxygen atoms in total. The lowest BCUT2D eigenvalue weighted by Gasteiger charge is -1.94. The van der Waals surface area contributed by atoms with Gasteiger partial charge in [-0.25, -0.2) is 9.97 Å². The minimum Gasteiger partial charge on any atom is -0.267 e. The quantitative estimate of drug-likeness (QED) is 0.681. The van der Waals surface area contributed by atoms with Crippen molar-refractivity contribution in [2.75, 3.05) is 0 Å². The molecule has 78 valence electrons. The van der Waals surface area contributed by atoms with Crippen molar-refractivity contribution in [2.24, 2.45) is 0 Å². The van der Waals surface area contributed by atoms with Gasteiger partial charge in [0.1, 0.15) is 0 Å². The van der Waals surface area contributed by atoms with Gasteiger partial charge < -0.3 is 0 Å². The molecule has 0 fully saturated rings. The van der Waals surface area contributed by atoms with Crippen LogP contribution < -0.4 is 11.1 Å². The number of nitrogens with zero attached hydrogens (tertiary/aromatic N) is 2. The number of hydrogen-bond donors (Lipinski definition) is 0. The molecule has 0 atom stereocenters. The predicted octanol–water partition coefficient (Wildman–Crippen LogP) is 0.530. The van der Waals surface area contributed by atoms with E-state index in [1.165, 1.54) is 6.20 Å². The molecule has 2 rings (SSSR count). The lowest BCUT2D eigenvalue weighted by Crippen LogP contribution is -2.04. The second kappa shape index (κ2) is 3.88. The van der Waals surface area contributed by atoms with Crippen molar-refractivity contribution in [3.05, 3.63) is 43.0 Å². The molecule has 0 saturated heterocycles. The van der Waals surface area contributed by atoms with Crippen LogP contribution in [0.2, 0.25) is 0 Å². The summed E-state index contributed by atoms with van der Waals surface area (Å²) in [6, 6.07) is 0. The van der Waals surface area contributed by atoms with Crippen LogP contribution in [0.15, 0.2) is 15.8 Å². The SMILES string of the molecule is CCCCCc1nc(=O)c2cnc(=O)c1=2. The Bertz CT molecular complexity index is 594. The van der Waals surface area contributed by atoms with Crippen molar-refractivity contribution in [2.45, 2.75) is 32.6 Å². The molecule has 0 saturated carbocycles. The summed E-state index contributed by atoms with van der Waals surface area (Å²) in [6.07, 6.45) is 5.19. The Morgan fingerprint density at radius 1 is 1.20 bits per heavy atom. The van der Waals surface area contributed by atoms with E-state index in [9.17, 15) is 9.59 Å². The molecule has 0 spiro atoms. The highest BCUT2D eigenvalue weighted by Crippen LogP contribution is 2.04. The molecule has 0 bridgehead atoms. The van der Waals surface area contributed by atoms with E-state index in [4.69, 9.17) is 0 Å². The van der Waals surface area contributed by atoms with Gasteiger partial charge in [0, 0.05) is 6.20 Å². The summed E-state index contributed by atoms with van der Waals surface area (Å²) in [5.74, 6) is 0. The van der Waals surface area contributed by atoms with Gasteiger partial charge in [-0.05, 0) is 12.8 Å². The van der Waals surface area contributed by atoms with Gasteiger partial charge in [0.05, 0.1) is 16.1 Å². The molecule has 15 heavy (non-hydrogen) atoms. The van der Waals surface area contributed by atoms with Gasteiger partial charge in [-0.1, -0.05) is 19.8 Å². The highest BCUT2D eigenvalue weighted by atomic mass is 16.1. The predicted molar refractivity (Wildman–Crippen MR) is 55.5 cm³/mol. The molecular formula is C11H12N2O2. The van der Waals surface area contributed by atoms with Crippen LogP contribution in [0.4, 0.5) is 0 Å². The number of hydrogen-bond acceptors (Lipinski definition) is 4. The van der Waals surface area contributed by atoms with Crippen molar-refractivity contribution >= 4 is 0 Å². The molecule has 0 unspecified atom stereocenters. The lowest BCUT2D eigenvalue weighted by molar-refractivity contribution is 0.706. The maximum Gasteiger partial charge on any atom is 0.279 e. The van der Waals surface area contributed by atoms with Crippen LogP contribution in [0.1, 0.15) is 31.9 Å². The Kier molecular flexibility index (Phi) is 2.58. The molecule has 4 heteroatoms. The molecule has 0 N–H and O–H groups in total. The molecular weight excluding hydrogens is 192 g/mol. The first-order valence-electron chi connectivity index (χ1n) is 5.19. The third kappa shape index (κ3) is 1.67. The second-order valence-corrected chi connectivity index (χ2v) is 3.67. The molecule has 0 aromatic rings. The zero-order valence-electron chi connectivity index (χ0n) is 8.62. The van der Waals surface area contributed by atoms with Crippen molar-refractivity contribution in [3.8, 4) is 0 Å². The third-order valence-corrected chi connectivity index (χ3v) is 2.57. The first-order valence-corrected chi connectivity index (χ1v) is 5.19. The average Bonchev–Trinajstić information content (AvgIpc) is 2.72. The lowest BCUT2D eigenvalue weighted by atomic mass is 10.1. The molecule has 2 aliphatic heterocycles. The van der Waals surface area contributed by atoms with Crippen LogP contribution in [0.25, 0.3) is 0 Å². The van der Waals surface area contributed by atoms with Crippen molar-refractivity contribution in [1.29, 1.82) is 0 Å². The maximum atomic E-state index is 11.4. The Hall–Kier alpha value is -1.58. The minimum absolute atomic E-state index is 0.314. The topological polar surface area (TPSA) is 59.9 Å². The molecule has 0 aromatic heterocycles. The van der Waals surface area contributed by atoms with E-state index in [1.54, 1.807) is 0 Å². The molecule has 2 aliphatic rings. The standard InChI is InChI=1S/C11H12N2O2/c1-2-3-4-5-8-9-7(10(14)13-8)6-12-11(9)15/h6H,2-5H2,1H3. The molecule has 0 radical (unpaired) electrons. The van der Waals surface area contributed by atoms with Gasteiger partial charge in [0.2, 0.25) is 0 Å². The fourth-order valence-electron chi connectivity index (χ4n) is 1.77. The highest BCUT2D eigenvalue weighted by molar-refractivity contribution is 5.16. The van der Waals surface area contributed by atoms with Gasteiger partial charge in [-0.3, -0.25) is 9.59 Å². The normalized spacial score (nSPS) is 11.3. The fourth-order valence-corrected chi connectivity index (χ4v) is 1.77. The molecule has 0 amide bonds. The summed E-state index contributed by atoms with van der Waals surface area (Å²) in [7, 11) is 0. The van der Waals surface area contributed by atoms with E-state index in [-0.39, 0.29) is 11.1 Å². The smallest absolute Gasteiger partial charge is 0.267 e. The Morgan fingerprint density at radius 3 is 2.73 bits per heavy atom. The first-order chi connectivity index (χ1) is 7.24. The zero-order valence-corrected chi connectivity index (χ0v) is 8.62. The van der Waals surface area contributed by atoms with Gasteiger partial charge in [0.15, 0.2) is 0 Å². The summed E-state index contributed by atoms with van der Waals surface area (Å²) < 4.78 is 0. The second-order valence-electron chi connectivity index (χ2n) is 3.67. The van der Waals surface area contributed by atoms with Gasteiger partial charge in [-0.2, -0.15) is 0 Å². The van der Waals surface area contributed by atoms with Gasteiger partial charge in [0.25, 0.3) is 11.1 Å². The van der Waals surface area contributed by atoms with E-state index in [0.717, 1.165) is 19.3 Å². The Balaban J connectivity index is 2.42. The Labute approximate surface area is 86.3 Å². The zero-order chi connectivity index (χ0) is 10.8. The number of unbranched alkanes of at least 4 members (excludes halogenated alkanes) is 2. The summed E-state index contributed by atoms with van der Waals surface area (Å²) in [4.78, 5) is 30.2. The molecule has 2 heterocycles. The van der Waals surface area contributed by atoms with Crippen LogP contribution in [0.5, 0.6) is 0 Å². The molecule has 0 aliphatic carbocycles. The van der Waals surface area contributed by atoms with E-state index in [0.29, 0.717) is 22.6 Å². The van der Waals surface area contributed by atoms with Crippen LogP contribution in [-0.2, 0) is 6.42 Å². The molecule has 0 aromatic carbocycles. The summed E-state index contributed by atoms with van der Waals surface area (Å²) in [6.45, 7) is 2.11. The first kappa shape index (κ1) is 9.96.